The number of fused-ring (bicyclic) bond motifs is 1. The average Bonchev–Trinajstić information content (AvgIpc) is 2.87. The number of ether oxygens (including phenoxy) is 1. The Labute approximate surface area is 129 Å². The van der Waals surface area contributed by atoms with Crippen molar-refractivity contribution in [1.29, 1.82) is 0 Å². The van der Waals surface area contributed by atoms with Gasteiger partial charge in [0.1, 0.15) is 0 Å². The summed E-state index contributed by atoms with van der Waals surface area (Å²) in [7, 11) is 0. The number of anilines is 2. The van der Waals surface area contributed by atoms with Gasteiger partial charge in [-0.15, -0.1) is 0 Å². The minimum Gasteiger partial charge on any atom is -0.450 e. The molecule has 0 bridgehead atoms. The molecule has 0 aliphatic carbocycles. The molecule has 1 aromatic carbocycles. The van der Waals surface area contributed by atoms with E-state index in [4.69, 9.17) is 4.74 Å². The van der Waals surface area contributed by atoms with Crippen LogP contribution in [-0.2, 0) is 16.0 Å². The number of piperidine rings is 1. The van der Waals surface area contributed by atoms with Gasteiger partial charge in [-0.3, -0.25) is 4.79 Å². The molecule has 2 aliphatic heterocycles. The van der Waals surface area contributed by atoms with Crippen molar-refractivity contribution in [1.82, 2.24) is 4.90 Å². The fourth-order valence-electron chi connectivity index (χ4n) is 2.98. The molecule has 0 aromatic heterocycles. The van der Waals surface area contributed by atoms with Crippen LogP contribution in [-0.4, -0.2) is 42.6 Å². The van der Waals surface area contributed by atoms with Crippen LogP contribution in [0.4, 0.5) is 16.2 Å². The maximum atomic E-state index is 11.7. The number of carbonyl (C=O) groups excluding carboxylic acids is 2. The van der Waals surface area contributed by atoms with E-state index in [1.165, 1.54) is 0 Å². The Morgan fingerprint density at radius 2 is 2.18 bits per heavy atom. The zero-order valence-corrected chi connectivity index (χ0v) is 12.7. The lowest BCUT2D eigenvalue weighted by Crippen LogP contribution is -2.42. The van der Waals surface area contributed by atoms with Gasteiger partial charge in [0, 0.05) is 30.5 Å². The van der Waals surface area contributed by atoms with Gasteiger partial charge in [0.25, 0.3) is 0 Å². The highest BCUT2D eigenvalue weighted by Gasteiger charge is 2.24. The first-order valence-corrected chi connectivity index (χ1v) is 7.76. The van der Waals surface area contributed by atoms with E-state index in [1.807, 2.05) is 25.1 Å². The highest BCUT2D eigenvalue weighted by molar-refractivity contribution is 5.99. The molecule has 3 rings (SSSR count). The number of nitrogens with one attached hydrogen (secondary N) is 2. The molecule has 118 valence electrons. The van der Waals surface area contributed by atoms with Crippen molar-refractivity contribution in [2.75, 3.05) is 30.3 Å². The van der Waals surface area contributed by atoms with E-state index < -0.39 is 0 Å². The summed E-state index contributed by atoms with van der Waals surface area (Å²) in [6.07, 6.45) is 2.02. The van der Waals surface area contributed by atoms with E-state index in [0.29, 0.717) is 32.2 Å². The molecule has 2 N–H and O–H groups in total. The summed E-state index contributed by atoms with van der Waals surface area (Å²) in [4.78, 5) is 24.8. The van der Waals surface area contributed by atoms with Crippen LogP contribution in [0, 0.1) is 0 Å². The van der Waals surface area contributed by atoms with Crippen molar-refractivity contribution in [3.8, 4) is 0 Å². The third kappa shape index (κ3) is 3.16. The molecular weight excluding hydrogens is 282 g/mol. The number of benzene rings is 1. The van der Waals surface area contributed by atoms with Gasteiger partial charge in [-0.1, -0.05) is 0 Å². The Balaban J connectivity index is 1.54. The van der Waals surface area contributed by atoms with Crippen LogP contribution in [0.25, 0.3) is 0 Å². The summed E-state index contributed by atoms with van der Waals surface area (Å²) in [5.74, 6) is 0.0508. The lowest BCUT2D eigenvalue weighted by Gasteiger charge is -2.32. The molecule has 2 amide bonds. The monoisotopic (exact) mass is 303 g/mol. The van der Waals surface area contributed by atoms with Crippen molar-refractivity contribution in [2.24, 2.45) is 0 Å². The first kappa shape index (κ1) is 14.7. The molecule has 0 saturated carbocycles. The maximum absolute atomic E-state index is 11.7. The molecule has 0 unspecified atom stereocenters. The van der Waals surface area contributed by atoms with Gasteiger partial charge in [-0.2, -0.15) is 0 Å². The van der Waals surface area contributed by atoms with Gasteiger partial charge < -0.3 is 20.3 Å². The predicted molar refractivity (Wildman–Crippen MR) is 84.0 cm³/mol. The number of nitrogens with zero attached hydrogens (tertiary/aromatic N) is 1. The number of hydrogen-bond donors (Lipinski definition) is 2. The van der Waals surface area contributed by atoms with Crippen LogP contribution in [0.3, 0.4) is 0 Å². The van der Waals surface area contributed by atoms with E-state index in [-0.39, 0.29) is 12.0 Å². The van der Waals surface area contributed by atoms with Crippen molar-refractivity contribution in [3.05, 3.63) is 23.8 Å². The molecule has 22 heavy (non-hydrogen) atoms. The fraction of sp³-hybridized carbons (Fsp3) is 0.500. The zero-order valence-electron chi connectivity index (χ0n) is 12.7. The number of likely N-dealkylation sites (tertiary alicyclic amines) is 1. The molecule has 0 atom stereocenters. The largest absolute Gasteiger partial charge is 0.450 e. The lowest BCUT2D eigenvalue weighted by atomic mass is 10.0. The minimum atomic E-state index is -0.219. The zero-order chi connectivity index (χ0) is 15.5. The molecular formula is C16H21N3O3. The van der Waals surface area contributed by atoms with Gasteiger partial charge in [0.2, 0.25) is 5.91 Å². The number of amides is 2. The second-order valence-corrected chi connectivity index (χ2v) is 5.70. The second-order valence-electron chi connectivity index (χ2n) is 5.70. The highest BCUT2D eigenvalue weighted by Crippen LogP contribution is 2.27. The third-order valence-corrected chi connectivity index (χ3v) is 4.12. The van der Waals surface area contributed by atoms with Crippen molar-refractivity contribution in [2.45, 2.75) is 32.2 Å². The summed E-state index contributed by atoms with van der Waals surface area (Å²) in [5.41, 5.74) is 2.98. The molecule has 2 heterocycles. The molecule has 0 spiro atoms. The number of carbonyl (C=O) groups is 2. The molecule has 6 heteroatoms. The van der Waals surface area contributed by atoms with Crippen LogP contribution in [0.5, 0.6) is 0 Å². The van der Waals surface area contributed by atoms with Gasteiger partial charge >= 0.3 is 6.09 Å². The molecule has 1 aromatic rings. The molecule has 6 nitrogen and oxygen atoms in total. The maximum Gasteiger partial charge on any atom is 0.409 e. The van der Waals surface area contributed by atoms with Crippen LogP contribution < -0.4 is 10.6 Å². The Kier molecular flexibility index (Phi) is 4.18. The molecule has 1 fully saturated rings. The first-order valence-electron chi connectivity index (χ1n) is 7.76. The SMILES string of the molecule is CCOC(=O)N1CCC(Nc2ccc3c(c2)CC(=O)N3)CC1. The Hall–Kier alpha value is -2.24. The standard InChI is InChI=1S/C16H21N3O3/c1-2-22-16(21)19-7-5-12(6-8-19)17-13-3-4-14-11(9-13)10-15(20)18-14/h3-4,9,12,17H,2,5-8,10H2,1H3,(H,18,20). The minimum absolute atomic E-state index is 0.0508. The number of hydrogen-bond acceptors (Lipinski definition) is 4. The lowest BCUT2D eigenvalue weighted by molar-refractivity contribution is -0.115. The van der Waals surface area contributed by atoms with Crippen LogP contribution in [0.2, 0.25) is 0 Å². The van der Waals surface area contributed by atoms with Crippen LogP contribution in [0.1, 0.15) is 25.3 Å². The Morgan fingerprint density at radius 3 is 2.91 bits per heavy atom. The number of rotatable bonds is 3. The van der Waals surface area contributed by atoms with Crippen molar-refractivity contribution in [3.63, 3.8) is 0 Å². The average molecular weight is 303 g/mol. The van der Waals surface area contributed by atoms with Gasteiger partial charge in [-0.25, -0.2) is 4.79 Å². The second kappa shape index (κ2) is 6.25. The van der Waals surface area contributed by atoms with E-state index >= 15 is 0 Å². The van der Waals surface area contributed by atoms with E-state index in [2.05, 4.69) is 10.6 Å². The Bertz CT molecular complexity index is 580. The Morgan fingerprint density at radius 1 is 1.41 bits per heavy atom. The third-order valence-electron chi connectivity index (χ3n) is 4.12. The fourth-order valence-corrected chi connectivity index (χ4v) is 2.98. The van der Waals surface area contributed by atoms with Crippen LogP contribution >= 0.6 is 0 Å². The molecule has 2 aliphatic rings. The first-order chi connectivity index (χ1) is 10.7. The van der Waals surface area contributed by atoms with E-state index in [0.717, 1.165) is 29.8 Å². The van der Waals surface area contributed by atoms with Gasteiger partial charge in [0.15, 0.2) is 0 Å². The quantitative estimate of drug-likeness (QED) is 0.898. The highest BCUT2D eigenvalue weighted by atomic mass is 16.6. The van der Waals surface area contributed by atoms with E-state index in [9.17, 15) is 9.59 Å². The van der Waals surface area contributed by atoms with Crippen molar-refractivity contribution < 1.29 is 14.3 Å². The smallest absolute Gasteiger partial charge is 0.409 e. The van der Waals surface area contributed by atoms with E-state index in [1.54, 1.807) is 4.90 Å². The summed E-state index contributed by atoms with van der Waals surface area (Å²) < 4.78 is 5.02. The van der Waals surface area contributed by atoms with Crippen LogP contribution in [0.15, 0.2) is 18.2 Å². The molecule has 1 saturated heterocycles. The van der Waals surface area contributed by atoms with Gasteiger partial charge in [0.05, 0.1) is 13.0 Å². The molecule has 0 radical (unpaired) electrons. The summed E-state index contributed by atoms with van der Waals surface area (Å²) >= 11 is 0. The summed E-state index contributed by atoms with van der Waals surface area (Å²) in [5, 5.41) is 6.33. The van der Waals surface area contributed by atoms with Crippen molar-refractivity contribution >= 4 is 23.4 Å². The summed E-state index contributed by atoms with van der Waals surface area (Å²) in [6.45, 7) is 3.65. The predicted octanol–water partition coefficient (Wildman–Crippen LogP) is 2.21. The normalized spacial score (nSPS) is 17.9. The topological polar surface area (TPSA) is 70.7 Å². The summed E-state index contributed by atoms with van der Waals surface area (Å²) in [6, 6.07) is 6.30. The van der Waals surface area contributed by atoms with Gasteiger partial charge in [-0.05, 0) is 43.5 Å².